The van der Waals surface area contributed by atoms with Crippen LogP contribution in [0.3, 0.4) is 0 Å². The van der Waals surface area contributed by atoms with E-state index in [4.69, 9.17) is 12.2 Å². The van der Waals surface area contributed by atoms with Crippen LogP contribution in [0.5, 0.6) is 0 Å². The highest BCUT2D eigenvalue weighted by molar-refractivity contribution is 7.80. The highest BCUT2D eigenvalue weighted by Crippen LogP contribution is 2.43. The van der Waals surface area contributed by atoms with Gasteiger partial charge in [0.05, 0.1) is 23.5 Å². The van der Waals surface area contributed by atoms with E-state index in [1.807, 2.05) is 53.4 Å². The molecule has 1 aromatic carbocycles. The lowest BCUT2D eigenvalue weighted by molar-refractivity contribution is 0.239. The number of aromatic nitrogens is 2. The van der Waals surface area contributed by atoms with Crippen molar-refractivity contribution in [2.75, 3.05) is 0 Å². The molecule has 0 radical (unpaired) electrons. The van der Waals surface area contributed by atoms with E-state index in [0.717, 1.165) is 29.3 Å². The minimum absolute atomic E-state index is 0.0462. The van der Waals surface area contributed by atoms with Gasteiger partial charge in [0.2, 0.25) is 0 Å². The molecule has 148 valence electrons. The molecule has 29 heavy (non-hydrogen) atoms. The zero-order valence-corrected chi connectivity index (χ0v) is 16.9. The second-order valence-electron chi connectivity index (χ2n) is 7.73. The maximum Gasteiger partial charge on any atom is 0.170 e. The first-order valence-electron chi connectivity index (χ1n) is 10.2. The summed E-state index contributed by atoms with van der Waals surface area (Å²) >= 11 is 5.79. The Morgan fingerprint density at radius 2 is 1.79 bits per heavy atom. The van der Waals surface area contributed by atoms with Crippen LogP contribution in [0.2, 0.25) is 0 Å². The molecule has 2 atom stereocenters. The van der Waals surface area contributed by atoms with Gasteiger partial charge in [-0.2, -0.15) is 0 Å². The van der Waals surface area contributed by atoms with Gasteiger partial charge >= 0.3 is 0 Å². The van der Waals surface area contributed by atoms with E-state index in [-0.39, 0.29) is 17.9 Å². The summed E-state index contributed by atoms with van der Waals surface area (Å²) in [6.45, 7) is 0. The third kappa shape index (κ3) is 3.21. The van der Waals surface area contributed by atoms with Crippen LogP contribution < -0.4 is 5.32 Å². The van der Waals surface area contributed by atoms with E-state index >= 15 is 0 Å². The van der Waals surface area contributed by atoms with Crippen molar-refractivity contribution in [2.24, 2.45) is 0 Å². The summed E-state index contributed by atoms with van der Waals surface area (Å²) in [5.74, 6) is -0.236. The molecule has 0 spiro atoms. The number of nitrogens with zero attached hydrogens (tertiary/aromatic N) is 3. The smallest absolute Gasteiger partial charge is 0.170 e. The summed E-state index contributed by atoms with van der Waals surface area (Å²) in [4.78, 5) is 6.95. The van der Waals surface area contributed by atoms with Crippen LogP contribution in [-0.2, 0) is 0 Å². The van der Waals surface area contributed by atoms with Crippen LogP contribution in [0, 0.1) is 5.82 Å². The standard InChI is InChI=1S/C23H23FN4S/c24-17-10-3-4-12-19(17)27-15-7-13-20(27)22-21(18-11-5-6-14-25-18)26-23(29)28(22)16-8-1-2-9-16/h3-7,10-16,21-22H,1-2,8-9H2,(H,26,29)/t21-,22-/m0/s1. The number of hydrogen-bond donors (Lipinski definition) is 1. The lowest BCUT2D eigenvalue weighted by Crippen LogP contribution is -2.38. The molecule has 3 aromatic rings. The third-order valence-corrected chi connectivity index (χ3v) is 6.38. The molecule has 5 rings (SSSR count). The molecule has 6 heteroatoms. The van der Waals surface area contributed by atoms with Crippen LogP contribution in [0.1, 0.15) is 49.2 Å². The Morgan fingerprint density at radius 3 is 2.55 bits per heavy atom. The van der Waals surface area contributed by atoms with Crippen LogP contribution in [0.25, 0.3) is 5.69 Å². The maximum atomic E-state index is 14.6. The predicted molar refractivity (Wildman–Crippen MR) is 115 cm³/mol. The average Bonchev–Trinajstić information content (AvgIpc) is 3.48. The van der Waals surface area contributed by atoms with E-state index in [2.05, 4.69) is 21.3 Å². The highest BCUT2D eigenvalue weighted by Gasteiger charge is 2.44. The van der Waals surface area contributed by atoms with Crippen LogP contribution in [-0.4, -0.2) is 25.6 Å². The summed E-state index contributed by atoms with van der Waals surface area (Å²) in [6.07, 6.45) is 8.45. The second kappa shape index (κ2) is 7.59. The molecule has 1 saturated carbocycles. The predicted octanol–water partition coefficient (Wildman–Crippen LogP) is 4.93. The number of thiocarbonyl (C=S) groups is 1. The molecule has 2 fully saturated rings. The molecule has 0 unspecified atom stereocenters. The van der Waals surface area contributed by atoms with Crippen LogP contribution in [0.15, 0.2) is 67.0 Å². The van der Waals surface area contributed by atoms with Crippen molar-refractivity contribution in [3.8, 4) is 5.69 Å². The van der Waals surface area contributed by atoms with E-state index in [9.17, 15) is 4.39 Å². The van der Waals surface area contributed by atoms with Crippen LogP contribution >= 0.6 is 12.2 Å². The van der Waals surface area contributed by atoms with Crippen molar-refractivity contribution in [2.45, 2.75) is 43.8 Å². The Kier molecular flexibility index (Phi) is 4.79. The van der Waals surface area contributed by atoms with Gasteiger partial charge in [-0.1, -0.05) is 31.0 Å². The lowest BCUT2D eigenvalue weighted by Gasteiger charge is -2.33. The number of para-hydroxylation sites is 1. The molecule has 4 nitrogen and oxygen atoms in total. The fraction of sp³-hybridized carbons (Fsp3) is 0.304. The topological polar surface area (TPSA) is 33.1 Å². The Bertz CT molecular complexity index is 1010. The van der Waals surface area contributed by atoms with Gasteiger partial charge in [-0.3, -0.25) is 4.98 Å². The van der Waals surface area contributed by atoms with Gasteiger partial charge in [0, 0.05) is 24.1 Å². The molecule has 1 aliphatic carbocycles. The Morgan fingerprint density at radius 1 is 1.00 bits per heavy atom. The first-order chi connectivity index (χ1) is 14.2. The Hall–Kier alpha value is -2.73. The molecule has 3 heterocycles. The summed E-state index contributed by atoms with van der Waals surface area (Å²) in [7, 11) is 0. The average molecular weight is 407 g/mol. The fourth-order valence-corrected chi connectivity index (χ4v) is 5.15. The molecule has 1 aliphatic heterocycles. The van der Waals surface area contributed by atoms with Gasteiger partial charge in [0.25, 0.3) is 0 Å². The largest absolute Gasteiger partial charge is 0.352 e. The zero-order chi connectivity index (χ0) is 19.8. The maximum absolute atomic E-state index is 14.6. The van der Waals surface area contributed by atoms with Crippen molar-refractivity contribution in [1.82, 2.24) is 19.8 Å². The summed E-state index contributed by atoms with van der Waals surface area (Å²) < 4.78 is 16.6. The quantitative estimate of drug-likeness (QED) is 0.623. The number of halogens is 1. The van der Waals surface area contributed by atoms with Gasteiger partial charge in [-0.25, -0.2) is 4.39 Å². The Labute approximate surface area is 175 Å². The second-order valence-corrected chi connectivity index (χ2v) is 8.11. The number of nitrogens with one attached hydrogen (secondary N) is 1. The van der Waals surface area contributed by atoms with Crippen molar-refractivity contribution < 1.29 is 4.39 Å². The van der Waals surface area contributed by atoms with Crippen molar-refractivity contribution in [1.29, 1.82) is 0 Å². The van der Waals surface area contributed by atoms with Gasteiger partial charge in [-0.15, -0.1) is 0 Å². The first-order valence-corrected chi connectivity index (χ1v) is 10.6. The summed E-state index contributed by atoms with van der Waals surface area (Å²) in [6, 6.07) is 17.2. The monoisotopic (exact) mass is 406 g/mol. The Balaban J connectivity index is 1.64. The SMILES string of the molecule is Fc1ccccc1-n1cccc1[C@H]1[C@H](c2ccccn2)NC(=S)N1C1CCCC1. The van der Waals surface area contributed by atoms with E-state index < -0.39 is 0 Å². The third-order valence-electron chi connectivity index (χ3n) is 6.05. The number of pyridine rings is 1. The molecule has 1 N–H and O–H groups in total. The van der Waals surface area contributed by atoms with Gasteiger partial charge in [-0.05, 0) is 61.5 Å². The highest BCUT2D eigenvalue weighted by atomic mass is 32.1. The normalized spacial score (nSPS) is 22.2. The molecular weight excluding hydrogens is 383 g/mol. The van der Waals surface area contributed by atoms with Crippen molar-refractivity contribution >= 4 is 17.3 Å². The van der Waals surface area contributed by atoms with Gasteiger partial charge < -0.3 is 14.8 Å². The molecule has 2 aromatic heterocycles. The zero-order valence-electron chi connectivity index (χ0n) is 16.0. The number of rotatable bonds is 4. The van der Waals surface area contributed by atoms with Crippen molar-refractivity contribution in [3.63, 3.8) is 0 Å². The fourth-order valence-electron chi connectivity index (χ4n) is 4.76. The molecule has 0 bridgehead atoms. The first kappa shape index (κ1) is 18.3. The number of benzene rings is 1. The van der Waals surface area contributed by atoms with Crippen molar-refractivity contribution in [3.05, 3.63) is 84.2 Å². The molecule has 0 amide bonds. The molecule has 2 aliphatic rings. The van der Waals surface area contributed by atoms with E-state index in [1.165, 1.54) is 18.9 Å². The minimum atomic E-state index is -0.236. The van der Waals surface area contributed by atoms with Crippen LogP contribution in [0.4, 0.5) is 4.39 Å². The minimum Gasteiger partial charge on any atom is -0.352 e. The van der Waals surface area contributed by atoms with Gasteiger partial charge in [0.1, 0.15) is 5.82 Å². The van der Waals surface area contributed by atoms with E-state index in [0.29, 0.717) is 11.7 Å². The number of hydrogen-bond acceptors (Lipinski definition) is 2. The lowest BCUT2D eigenvalue weighted by atomic mass is 9.99. The van der Waals surface area contributed by atoms with E-state index in [1.54, 1.807) is 6.07 Å². The summed E-state index contributed by atoms with van der Waals surface area (Å²) in [5, 5.41) is 4.28. The van der Waals surface area contributed by atoms with Gasteiger partial charge in [0.15, 0.2) is 5.11 Å². The summed E-state index contributed by atoms with van der Waals surface area (Å²) in [5.41, 5.74) is 2.52. The molecule has 1 saturated heterocycles. The molecular formula is C23H23FN4S.